The van der Waals surface area contributed by atoms with Gasteiger partial charge >= 0.3 is 11.9 Å². The van der Waals surface area contributed by atoms with Crippen molar-refractivity contribution < 1.29 is 28.9 Å². The van der Waals surface area contributed by atoms with Crippen molar-refractivity contribution in [3.8, 4) is 5.75 Å². The van der Waals surface area contributed by atoms with Crippen LogP contribution >= 0.6 is 0 Å². The van der Waals surface area contributed by atoms with Gasteiger partial charge in [0.1, 0.15) is 11.3 Å². The zero-order chi connectivity index (χ0) is 15.1. The van der Waals surface area contributed by atoms with Gasteiger partial charge in [-0.05, 0) is 24.6 Å². The molecule has 0 aliphatic heterocycles. The first-order chi connectivity index (χ1) is 9.53. The monoisotopic (exact) mass is 282 g/mol. The number of hydrogen-bond acceptors (Lipinski definition) is 5. The molecule has 1 unspecified atom stereocenters. The molecule has 0 saturated heterocycles. The van der Waals surface area contributed by atoms with E-state index in [0.29, 0.717) is 5.56 Å². The maximum Gasteiger partial charge on any atom is 0.339 e. The second-order valence-corrected chi connectivity index (χ2v) is 4.02. The van der Waals surface area contributed by atoms with Crippen molar-refractivity contribution >= 4 is 11.9 Å². The minimum atomic E-state index is -1.09. The second kappa shape index (κ2) is 7.49. The molecule has 0 spiro atoms. The molecule has 0 saturated carbocycles. The van der Waals surface area contributed by atoms with E-state index >= 15 is 0 Å². The van der Waals surface area contributed by atoms with Crippen LogP contribution in [0.25, 0.3) is 0 Å². The molecule has 1 aromatic rings. The predicted molar refractivity (Wildman–Crippen MR) is 71.1 cm³/mol. The Hall–Kier alpha value is -2.08. The number of carbonyl (C=O) groups excluding carboxylic acids is 1. The van der Waals surface area contributed by atoms with E-state index in [2.05, 4.69) is 0 Å². The quantitative estimate of drug-likeness (QED) is 0.763. The topological polar surface area (TPSA) is 82.1 Å². The zero-order valence-corrected chi connectivity index (χ0v) is 11.7. The van der Waals surface area contributed by atoms with Gasteiger partial charge in [0.2, 0.25) is 0 Å². The summed E-state index contributed by atoms with van der Waals surface area (Å²) in [6.07, 6.45) is -0.524. The van der Waals surface area contributed by atoms with E-state index in [1.165, 1.54) is 20.3 Å². The van der Waals surface area contributed by atoms with Crippen LogP contribution in [0.2, 0.25) is 0 Å². The fourth-order valence-electron chi connectivity index (χ4n) is 1.76. The van der Waals surface area contributed by atoms with E-state index < -0.39 is 18.0 Å². The summed E-state index contributed by atoms with van der Waals surface area (Å²) < 4.78 is 14.9. The normalized spacial score (nSPS) is 11.8. The summed E-state index contributed by atoms with van der Waals surface area (Å²) in [6.45, 7) is 1.97. The molecule has 0 radical (unpaired) electrons. The molecule has 110 valence electrons. The second-order valence-electron chi connectivity index (χ2n) is 4.02. The Bertz CT molecular complexity index is 483. The number of ether oxygens (including phenoxy) is 3. The first kappa shape index (κ1) is 16.0. The highest BCUT2D eigenvalue weighted by Gasteiger charge is 2.21. The number of benzene rings is 1. The van der Waals surface area contributed by atoms with Gasteiger partial charge in [0, 0.05) is 13.5 Å². The molecule has 0 amide bonds. The molecule has 1 atom stereocenters. The van der Waals surface area contributed by atoms with Gasteiger partial charge in [-0.1, -0.05) is 6.07 Å². The molecular formula is C14H18O6. The Morgan fingerprint density at radius 3 is 2.50 bits per heavy atom. The third-order valence-corrected chi connectivity index (χ3v) is 2.75. The number of esters is 1. The average molecular weight is 282 g/mol. The van der Waals surface area contributed by atoms with Gasteiger partial charge in [-0.2, -0.15) is 0 Å². The summed E-state index contributed by atoms with van der Waals surface area (Å²) in [4.78, 5) is 22.8. The Morgan fingerprint density at radius 1 is 1.30 bits per heavy atom. The van der Waals surface area contributed by atoms with E-state index in [-0.39, 0.29) is 24.3 Å². The first-order valence-corrected chi connectivity index (χ1v) is 6.13. The zero-order valence-electron chi connectivity index (χ0n) is 11.7. The number of carbonyl (C=O) groups is 2. The van der Waals surface area contributed by atoms with Crippen LogP contribution in [0.3, 0.4) is 0 Å². The molecule has 20 heavy (non-hydrogen) atoms. The summed E-state index contributed by atoms with van der Waals surface area (Å²) in [5, 5.41) is 9.10. The van der Waals surface area contributed by atoms with E-state index in [4.69, 9.17) is 19.3 Å². The minimum absolute atomic E-state index is 0.0451. The fourth-order valence-corrected chi connectivity index (χ4v) is 1.76. The Kier molecular flexibility index (Phi) is 5.99. The summed E-state index contributed by atoms with van der Waals surface area (Å²) in [5.41, 5.74) is 0.701. The molecule has 0 aliphatic rings. The van der Waals surface area contributed by atoms with Gasteiger partial charge in [0.15, 0.2) is 6.10 Å². The molecule has 1 N–H and O–H groups in total. The summed E-state index contributed by atoms with van der Waals surface area (Å²) in [5.74, 6) is -1.29. The van der Waals surface area contributed by atoms with Crippen LogP contribution in [0.5, 0.6) is 5.75 Å². The summed E-state index contributed by atoms with van der Waals surface area (Å²) in [6, 6.07) is 4.71. The van der Waals surface area contributed by atoms with Crippen LogP contribution in [-0.2, 0) is 20.7 Å². The maximum atomic E-state index is 11.6. The standard InChI is InChI=1S/C14H18O6/c1-4-20-14(17)12(19-3)8-9-5-6-11(18-2)10(7-9)13(15)16/h5-7,12H,4,8H2,1-3H3,(H,15,16). The largest absolute Gasteiger partial charge is 0.496 e. The molecule has 0 aliphatic carbocycles. The number of carboxylic acids is 1. The van der Waals surface area contributed by atoms with Crippen molar-refractivity contribution in [2.75, 3.05) is 20.8 Å². The lowest BCUT2D eigenvalue weighted by Crippen LogP contribution is -2.27. The summed E-state index contributed by atoms with van der Waals surface area (Å²) >= 11 is 0. The van der Waals surface area contributed by atoms with Crippen molar-refractivity contribution in [3.05, 3.63) is 29.3 Å². The SMILES string of the molecule is CCOC(=O)C(Cc1ccc(OC)c(C(=O)O)c1)OC. The fraction of sp³-hybridized carbons (Fsp3) is 0.429. The number of carboxylic acid groups (broad SMARTS) is 1. The third kappa shape index (κ3) is 3.96. The lowest BCUT2D eigenvalue weighted by Gasteiger charge is -2.14. The third-order valence-electron chi connectivity index (χ3n) is 2.75. The van der Waals surface area contributed by atoms with Crippen molar-refractivity contribution in [1.82, 2.24) is 0 Å². The highest BCUT2D eigenvalue weighted by molar-refractivity contribution is 5.91. The van der Waals surface area contributed by atoms with E-state index in [9.17, 15) is 9.59 Å². The Morgan fingerprint density at radius 2 is 2.00 bits per heavy atom. The predicted octanol–water partition coefficient (Wildman–Crippen LogP) is 1.51. The van der Waals surface area contributed by atoms with Gasteiger partial charge in [0.25, 0.3) is 0 Å². The highest BCUT2D eigenvalue weighted by Crippen LogP contribution is 2.21. The van der Waals surface area contributed by atoms with E-state index in [0.717, 1.165) is 0 Å². The number of hydrogen-bond donors (Lipinski definition) is 1. The molecule has 0 aromatic heterocycles. The van der Waals surface area contributed by atoms with Crippen LogP contribution < -0.4 is 4.74 Å². The lowest BCUT2D eigenvalue weighted by atomic mass is 10.0. The molecule has 1 aromatic carbocycles. The lowest BCUT2D eigenvalue weighted by molar-refractivity contribution is -0.154. The number of aromatic carboxylic acids is 1. The van der Waals surface area contributed by atoms with E-state index in [1.807, 2.05) is 0 Å². The Labute approximate surface area is 117 Å². The smallest absolute Gasteiger partial charge is 0.339 e. The van der Waals surface area contributed by atoms with Gasteiger partial charge < -0.3 is 19.3 Å². The maximum absolute atomic E-state index is 11.6. The number of rotatable bonds is 7. The molecular weight excluding hydrogens is 264 g/mol. The minimum Gasteiger partial charge on any atom is -0.496 e. The molecule has 6 nitrogen and oxygen atoms in total. The van der Waals surface area contributed by atoms with E-state index in [1.54, 1.807) is 19.1 Å². The van der Waals surface area contributed by atoms with Crippen LogP contribution in [0.1, 0.15) is 22.8 Å². The van der Waals surface area contributed by atoms with Crippen molar-refractivity contribution in [3.63, 3.8) is 0 Å². The van der Waals surface area contributed by atoms with Gasteiger partial charge in [-0.3, -0.25) is 0 Å². The molecule has 0 heterocycles. The number of methoxy groups -OCH3 is 2. The van der Waals surface area contributed by atoms with Crippen LogP contribution in [0.4, 0.5) is 0 Å². The highest BCUT2D eigenvalue weighted by atomic mass is 16.6. The molecule has 6 heteroatoms. The van der Waals surface area contributed by atoms with Crippen molar-refractivity contribution in [1.29, 1.82) is 0 Å². The average Bonchev–Trinajstić information content (AvgIpc) is 2.44. The molecule has 0 bridgehead atoms. The van der Waals surface area contributed by atoms with Gasteiger partial charge in [-0.15, -0.1) is 0 Å². The molecule has 0 fully saturated rings. The Balaban J connectivity index is 2.94. The van der Waals surface area contributed by atoms with Crippen LogP contribution in [-0.4, -0.2) is 44.0 Å². The van der Waals surface area contributed by atoms with Crippen LogP contribution in [0.15, 0.2) is 18.2 Å². The van der Waals surface area contributed by atoms with Crippen molar-refractivity contribution in [2.24, 2.45) is 0 Å². The van der Waals surface area contributed by atoms with Gasteiger partial charge in [-0.25, -0.2) is 9.59 Å². The van der Waals surface area contributed by atoms with Crippen LogP contribution in [0, 0.1) is 0 Å². The first-order valence-electron chi connectivity index (χ1n) is 6.13. The van der Waals surface area contributed by atoms with Gasteiger partial charge in [0.05, 0.1) is 13.7 Å². The van der Waals surface area contributed by atoms with Crippen molar-refractivity contribution in [2.45, 2.75) is 19.4 Å². The molecule has 1 rings (SSSR count). The summed E-state index contributed by atoms with van der Waals surface area (Å²) in [7, 11) is 2.81.